The molecule has 0 heterocycles. The fourth-order valence-electron chi connectivity index (χ4n) is 2.83. The number of ether oxygens (including phenoxy) is 1. The maximum absolute atomic E-state index is 5.90. The molecule has 2 rings (SSSR count). The summed E-state index contributed by atoms with van der Waals surface area (Å²) in [5.41, 5.74) is 1.35. The molecule has 1 aliphatic rings. The molecule has 16 heavy (non-hydrogen) atoms. The van der Waals surface area contributed by atoms with Crippen LogP contribution in [0.5, 0.6) is 0 Å². The molecule has 1 heteroatoms. The third-order valence-electron chi connectivity index (χ3n) is 3.85. The van der Waals surface area contributed by atoms with Gasteiger partial charge in [-0.2, -0.15) is 0 Å². The summed E-state index contributed by atoms with van der Waals surface area (Å²) < 4.78 is 5.90. The van der Waals surface area contributed by atoms with Crippen LogP contribution in [0.25, 0.3) is 0 Å². The predicted molar refractivity (Wildman–Crippen MR) is 67.4 cm³/mol. The Kier molecular flexibility index (Phi) is 4.00. The quantitative estimate of drug-likeness (QED) is 0.720. The minimum absolute atomic E-state index is 0.0122. The molecule has 0 radical (unpaired) electrons. The van der Waals surface area contributed by atoms with E-state index >= 15 is 0 Å². The molecule has 0 saturated heterocycles. The van der Waals surface area contributed by atoms with E-state index in [1.807, 2.05) is 7.11 Å². The SMILES string of the molecule is COC1(c2ccccc2)CCCCCCC1. The van der Waals surface area contributed by atoms with Crippen LogP contribution in [0.1, 0.15) is 50.5 Å². The average molecular weight is 218 g/mol. The first kappa shape index (κ1) is 11.7. The van der Waals surface area contributed by atoms with E-state index in [9.17, 15) is 0 Å². The molecule has 0 aliphatic heterocycles. The second-order valence-corrected chi connectivity index (χ2v) is 4.83. The van der Waals surface area contributed by atoms with Crippen LogP contribution in [0.15, 0.2) is 30.3 Å². The highest BCUT2D eigenvalue weighted by atomic mass is 16.5. The highest BCUT2D eigenvalue weighted by molar-refractivity contribution is 5.22. The Balaban J connectivity index is 2.22. The summed E-state index contributed by atoms with van der Waals surface area (Å²) in [4.78, 5) is 0. The molecule has 1 aromatic carbocycles. The van der Waals surface area contributed by atoms with Gasteiger partial charge in [-0.3, -0.25) is 0 Å². The van der Waals surface area contributed by atoms with Crippen LogP contribution >= 0.6 is 0 Å². The van der Waals surface area contributed by atoms with E-state index < -0.39 is 0 Å². The van der Waals surface area contributed by atoms with Crippen molar-refractivity contribution in [1.29, 1.82) is 0 Å². The Labute approximate surface area is 98.8 Å². The van der Waals surface area contributed by atoms with Gasteiger partial charge in [0, 0.05) is 7.11 Å². The van der Waals surface area contributed by atoms with E-state index in [1.54, 1.807) is 0 Å². The normalized spacial score (nSPS) is 21.1. The molecule has 1 fully saturated rings. The highest BCUT2D eigenvalue weighted by Crippen LogP contribution is 2.37. The fraction of sp³-hybridized carbons (Fsp3) is 0.600. The summed E-state index contributed by atoms with van der Waals surface area (Å²) in [6.07, 6.45) is 9.05. The van der Waals surface area contributed by atoms with Crippen molar-refractivity contribution in [2.24, 2.45) is 0 Å². The van der Waals surface area contributed by atoms with Crippen LogP contribution in [0.3, 0.4) is 0 Å². The van der Waals surface area contributed by atoms with Gasteiger partial charge in [0.15, 0.2) is 0 Å². The number of hydrogen-bond acceptors (Lipinski definition) is 1. The average Bonchev–Trinajstić information content (AvgIpc) is 2.31. The van der Waals surface area contributed by atoms with E-state index in [0.717, 1.165) is 0 Å². The van der Waals surface area contributed by atoms with Crippen molar-refractivity contribution in [3.8, 4) is 0 Å². The van der Waals surface area contributed by atoms with Crippen molar-refractivity contribution in [3.63, 3.8) is 0 Å². The van der Waals surface area contributed by atoms with Gasteiger partial charge in [0.2, 0.25) is 0 Å². The molecule has 0 spiro atoms. The zero-order valence-corrected chi connectivity index (χ0v) is 10.2. The molecular weight excluding hydrogens is 196 g/mol. The minimum atomic E-state index is -0.0122. The van der Waals surface area contributed by atoms with Gasteiger partial charge >= 0.3 is 0 Å². The van der Waals surface area contributed by atoms with Crippen molar-refractivity contribution in [1.82, 2.24) is 0 Å². The standard InChI is InChI=1S/C15H22O/c1-16-15(14-10-6-5-7-11-14)12-8-3-2-4-9-13-15/h5-7,10-11H,2-4,8-9,12-13H2,1H3. The lowest BCUT2D eigenvalue weighted by Gasteiger charge is -2.34. The highest BCUT2D eigenvalue weighted by Gasteiger charge is 2.31. The van der Waals surface area contributed by atoms with E-state index in [2.05, 4.69) is 30.3 Å². The number of hydrogen-bond donors (Lipinski definition) is 0. The second-order valence-electron chi connectivity index (χ2n) is 4.83. The molecule has 0 atom stereocenters. The molecule has 0 aromatic heterocycles. The van der Waals surface area contributed by atoms with Gasteiger partial charge in [-0.1, -0.05) is 62.4 Å². The summed E-state index contributed by atoms with van der Waals surface area (Å²) in [7, 11) is 1.87. The van der Waals surface area contributed by atoms with Crippen molar-refractivity contribution in [3.05, 3.63) is 35.9 Å². The molecule has 88 valence electrons. The lowest BCUT2D eigenvalue weighted by Crippen LogP contribution is -2.29. The second kappa shape index (κ2) is 5.49. The lowest BCUT2D eigenvalue weighted by atomic mass is 9.81. The summed E-state index contributed by atoms with van der Waals surface area (Å²) >= 11 is 0. The van der Waals surface area contributed by atoms with Crippen LogP contribution in [-0.2, 0) is 10.3 Å². The van der Waals surface area contributed by atoms with Crippen LogP contribution in [-0.4, -0.2) is 7.11 Å². The lowest BCUT2D eigenvalue weighted by molar-refractivity contribution is -0.0361. The van der Waals surface area contributed by atoms with Crippen LogP contribution in [0.4, 0.5) is 0 Å². The van der Waals surface area contributed by atoms with Gasteiger partial charge in [-0.15, -0.1) is 0 Å². The molecule has 0 amide bonds. The maximum Gasteiger partial charge on any atom is 0.0927 e. The zero-order chi connectivity index (χ0) is 11.3. The molecule has 0 bridgehead atoms. The topological polar surface area (TPSA) is 9.23 Å². The van der Waals surface area contributed by atoms with Gasteiger partial charge in [-0.05, 0) is 18.4 Å². The first-order valence-corrected chi connectivity index (χ1v) is 6.48. The molecular formula is C15H22O. The molecule has 0 unspecified atom stereocenters. The molecule has 1 aromatic rings. The van der Waals surface area contributed by atoms with Gasteiger partial charge in [-0.25, -0.2) is 0 Å². The minimum Gasteiger partial charge on any atom is -0.374 e. The van der Waals surface area contributed by atoms with E-state index in [-0.39, 0.29) is 5.60 Å². The van der Waals surface area contributed by atoms with Gasteiger partial charge in [0.1, 0.15) is 0 Å². The molecule has 1 saturated carbocycles. The molecule has 1 aliphatic carbocycles. The molecule has 0 N–H and O–H groups in total. The largest absolute Gasteiger partial charge is 0.374 e. The van der Waals surface area contributed by atoms with Gasteiger partial charge in [0.25, 0.3) is 0 Å². The van der Waals surface area contributed by atoms with Crippen molar-refractivity contribution < 1.29 is 4.74 Å². The summed E-state index contributed by atoms with van der Waals surface area (Å²) in [5, 5.41) is 0. The summed E-state index contributed by atoms with van der Waals surface area (Å²) in [6.45, 7) is 0. The fourth-order valence-corrected chi connectivity index (χ4v) is 2.83. The predicted octanol–water partition coefficient (Wildman–Crippen LogP) is 4.27. The van der Waals surface area contributed by atoms with Gasteiger partial charge in [0.05, 0.1) is 5.60 Å². The summed E-state index contributed by atoms with van der Waals surface area (Å²) in [5.74, 6) is 0. The number of rotatable bonds is 2. The smallest absolute Gasteiger partial charge is 0.0927 e. The Hall–Kier alpha value is -0.820. The first-order valence-electron chi connectivity index (χ1n) is 6.48. The zero-order valence-electron chi connectivity index (χ0n) is 10.2. The van der Waals surface area contributed by atoms with E-state index in [0.29, 0.717) is 0 Å². The van der Waals surface area contributed by atoms with Crippen LogP contribution in [0.2, 0.25) is 0 Å². The summed E-state index contributed by atoms with van der Waals surface area (Å²) in [6, 6.07) is 10.7. The third kappa shape index (κ3) is 2.46. The maximum atomic E-state index is 5.90. The van der Waals surface area contributed by atoms with Gasteiger partial charge < -0.3 is 4.74 Å². The Morgan fingerprint density at radius 3 is 2.00 bits per heavy atom. The Morgan fingerprint density at radius 2 is 1.44 bits per heavy atom. The third-order valence-corrected chi connectivity index (χ3v) is 3.85. The Morgan fingerprint density at radius 1 is 0.875 bits per heavy atom. The van der Waals surface area contributed by atoms with Crippen LogP contribution < -0.4 is 0 Å². The van der Waals surface area contributed by atoms with E-state index in [1.165, 1.54) is 50.5 Å². The number of methoxy groups -OCH3 is 1. The Bertz CT molecular complexity index is 296. The first-order chi connectivity index (χ1) is 7.87. The van der Waals surface area contributed by atoms with Crippen molar-refractivity contribution >= 4 is 0 Å². The van der Waals surface area contributed by atoms with Crippen molar-refractivity contribution in [2.45, 2.75) is 50.5 Å². The van der Waals surface area contributed by atoms with Crippen LogP contribution in [0, 0.1) is 0 Å². The molecule has 1 nitrogen and oxygen atoms in total. The van der Waals surface area contributed by atoms with E-state index in [4.69, 9.17) is 4.74 Å². The monoisotopic (exact) mass is 218 g/mol. The van der Waals surface area contributed by atoms with Crippen molar-refractivity contribution in [2.75, 3.05) is 7.11 Å². The number of benzene rings is 1.